The van der Waals surface area contributed by atoms with Gasteiger partial charge in [0, 0.05) is 6.61 Å². The van der Waals surface area contributed by atoms with E-state index in [1.54, 1.807) is 0 Å². The van der Waals surface area contributed by atoms with E-state index in [0.717, 1.165) is 24.6 Å². The Morgan fingerprint density at radius 3 is 2.71 bits per heavy atom. The zero-order chi connectivity index (χ0) is 12.1. The Balaban J connectivity index is 1.73. The number of hydrogen-bond donors (Lipinski definition) is 2. The van der Waals surface area contributed by atoms with E-state index in [2.05, 4.69) is 5.32 Å². The third kappa shape index (κ3) is 3.58. The molecular weight excluding hydrogens is 214 g/mol. The van der Waals surface area contributed by atoms with E-state index in [9.17, 15) is 5.11 Å². The van der Waals surface area contributed by atoms with Gasteiger partial charge in [0.05, 0.1) is 6.54 Å². The van der Waals surface area contributed by atoms with Crippen molar-refractivity contribution in [3.05, 3.63) is 23.7 Å². The highest BCUT2D eigenvalue weighted by Crippen LogP contribution is 2.29. The average Bonchev–Trinajstić information content (AvgIpc) is 2.76. The number of furan rings is 1. The van der Waals surface area contributed by atoms with Crippen molar-refractivity contribution in [3.8, 4) is 0 Å². The number of aliphatic hydroxyl groups is 1. The highest BCUT2D eigenvalue weighted by Gasteiger charge is 2.23. The van der Waals surface area contributed by atoms with Gasteiger partial charge in [-0.1, -0.05) is 12.8 Å². The van der Waals surface area contributed by atoms with Crippen molar-refractivity contribution in [1.82, 2.24) is 5.32 Å². The molecule has 0 saturated heterocycles. The second kappa shape index (κ2) is 6.22. The van der Waals surface area contributed by atoms with E-state index < -0.39 is 0 Å². The van der Waals surface area contributed by atoms with E-state index in [4.69, 9.17) is 4.42 Å². The second-order valence-electron chi connectivity index (χ2n) is 5.13. The molecule has 3 nitrogen and oxygen atoms in total. The van der Waals surface area contributed by atoms with Crippen molar-refractivity contribution in [3.63, 3.8) is 0 Å². The summed E-state index contributed by atoms with van der Waals surface area (Å²) in [5, 5.41) is 12.8. The lowest BCUT2D eigenvalue weighted by Gasteiger charge is -2.30. The maximum atomic E-state index is 9.33. The first-order valence-corrected chi connectivity index (χ1v) is 6.66. The minimum absolute atomic E-state index is 0.339. The largest absolute Gasteiger partial charge is 0.465 e. The van der Waals surface area contributed by atoms with Crippen molar-refractivity contribution in [2.45, 2.75) is 39.2 Å². The van der Waals surface area contributed by atoms with Crippen LogP contribution in [0.15, 0.2) is 16.5 Å². The highest BCUT2D eigenvalue weighted by molar-refractivity contribution is 5.05. The second-order valence-corrected chi connectivity index (χ2v) is 5.13. The van der Waals surface area contributed by atoms with Gasteiger partial charge in [-0.25, -0.2) is 0 Å². The monoisotopic (exact) mass is 237 g/mol. The Morgan fingerprint density at radius 2 is 2.06 bits per heavy atom. The normalized spacial score (nSPS) is 25.1. The van der Waals surface area contributed by atoms with Crippen molar-refractivity contribution in [2.75, 3.05) is 13.2 Å². The van der Waals surface area contributed by atoms with Gasteiger partial charge >= 0.3 is 0 Å². The lowest BCUT2D eigenvalue weighted by molar-refractivity contribution is 0.132. The average molecular weight is 237 g/mol. The fraction of sp³-hybridized carbons (Fsp3) is 0.714. The Kier molecular flexibility index (Phi) is 4.63. The maximum absolute atomic E-state index is 9.33. The van der Waals surface area contributed by atoms with Crippen LogP contribution < -0.4 is 5.32 Å². The molecule has 3 heteroatoms. The Labute approximate surface area is 103 Å². The minimum Gasteiger partial charge on any atom is -0.465 e. The summed E-state index contributed by atoms with van der Waals surface area (Å²) in [5.74, 6) is 3.09. The topological polar surface area (TPSA) is 45.4 Å². The summed E-state index contributed by atoms with van der Waals surface area (Å²) in [6.07, 6.45) is 5.01. The molecule has 2 N–H and O–H groups in total. The van der Waals surface area contributed by atoms with Gasteiger partial charge in [0.2, 0.25) is 0 Å². The van der Waals surface area contributed by atoms with Crippen LogP contribution in [0.4, 0.5) is 0 Å². The molecule has 1 saturated carbocycles. The van der Waals surface area contributed by atoms with Crippen LogP contribution in [0.2, 0.25) is 0 Å². The van der Waals surface area contributed by atoms with Crippen LogP contribution in [0.5, 0.6) is 0 Å². The molecule has 1 aromatic heterocycles. The third-order valence-corrected chi connectivity index (χ3v) is 3.80. The molecule has 0 bridgehead atoms. The highest BCUT2D eigenvalue weighted by atomic mass is 16.3. The molecule has 1 aromatic rings. The Morgan fingerprint density at radius 1 is 1.29 bits per heavy atom. The van der Waals surface area contributed by atoms with Crippen molar-refractivity contribution >= 4 is 0 Å². The predicted octanol–water partition coefficient (Wildman–Crippen LogP) is 2.48. The molecule has 1 heterocycles. The Bertz CT molecular complexity index is 335. The number of aliphatic hydroxyl groups excluding tert-OH is 1. The number of rotatable bonds is 5. The zero-order valence-corrected chi connectivity index (χ0v) is 10.6. The maximum Gasteiger partial charge on any atom is 0.117 e. The Hall–Kier alpha value is -0.800. The van der Waals surface area contributed by atoms with E-state index in [-0.39, 0.29) is 0 Å². The smallest absolute Gasteiger partial charge is 0.117 e. The lowest BCUT2D eigenvalue weighted by Crippen LogP contribution is -2.32. The summed E-state index contributed by atoms with van der Waals surface area (Å²) >= 11 is 0. The van der Waals surface area contributed by atoms with Crippen LogP contribution in [-0.2, 0) is 6.54 Å². The summed E-state index contributed by atoms with van der Waals surface area (Å²) in [6.45, 7) is 4.09. The molecule has 0 spiro atoms. The van der Waals surface area contributed by atoms with Gasteiger partial charge in [0.25, 0.3) is 0 Å². The lowest BCUT2D eigenvalue weighted by atomic mass is 9.79. The summed E-state index contributed by atoms with van der Waals surface area (Å²) in [7, 11) is 0. The summed E-state index contributed by atoms with van der Waals surface area (Å²) in [5.41, 5.74) is 0. The molecule has 17 heavy (non-hydrogen) atoms. The van der Waals surface area contributed by atoms with Gasteiger partial charge in [-0.15, -0.1) is 0 Å². The van der Waals surface area contributed by atoms with Crippen LogP contribution >= 0.6 is 0 Å². The first-order valence-electron chi connectivity index (χ1n) is 6.66. The molecule has 0 radical (unpaired) electrons. The molecule has 1 aliphatic carbocycles. The van der Waals surface area contributed by atoms with E-state index >= 15 is 0 Å². The van der Waals surface area contributed by atoms with Gasteiger partial charge in [0.1, 0.15) is 11.5 Å². The molecule has 2 rings (SSSR count). The fourth-order valence-corrected chi connectivity index (χ4v) is 2.75. The van der Waals surface area contributed by atoms with Gasteiger partial charge in [-0.3, -0.25) is 0 Å². The van der Waals surface area contributed by atoms with Crippen LogP contribution in [0.25, 0.3) is 0 Å². The van der Waals surface area contributed by atoms with Crippen molar-refractivity contribution in [2.24, 2.45) is 11.8 Å². The fourth-order valence-electron chi connectivity index (χ4n) is 2.75. The van der Waals surface area contributed by atoms with Crippen molar-refractivity contribution in [1.29, 1.82) is 0 Å². The first-order chi connectivity index (χ1) is 8.29. The number of aryl methyl sites for hydroxylation is 1. The van der Waals surface area contributed by atoms with E-state index in [1.165, 1.54) is 25.7 Å². The van der Waals surface area contributed by atoms with Gasteiger partial charge in [0.15, 0.2) is 0 Å². The molecule has 0 amide bonds. The minimum atomic E-state index is 0.339. The van der Waals surface area contributed by atoms with Gasteiger partial charge < -0.3 is 14.8 Å². The molecule has 96 valence electrons. The molecule has 1 aliphatic rings. The SMILES string of the molecule is Cc1ccc(CNCC2CCCCC2CO)o1. The van der Waals surface area contributed by atoms with Crippen LogP contribution in [0.3, 0.4) is 0 Å². The summed E-state index contributed by atoms with van der Waals surface area (Å²) in [6, 6.07) is 4.01. The van der Waals surface area contributed by atoms with Gasteiger partial charge in [-0.05, 0) is 50.3 Å². The number of hydrogen-bond acceptors (Lipinski definition) is 3. The quantitative estimate of drug-likeness (QED) is 0.827. The van der Waals surface area contributed by atoms with Crippen LogP contribution in [0, 0.1) is 18.8 Å². The first kappa shape index (κ1) is 12.7. The van der Waals surface area contributed by atoms with E-state index in [0.29, 0.717) is 18.4 Å². The van der Waals surface area contributed by atoms with Crippen molar-refractivity contribution < 1.29 is 9.52 Å². The summed E-state index contributed by atoms with van der Waals surface area (Å²) in [4.78, 5) is 0. The van der Waals surface area contributed by atoms with Crippen LogP contribution in [0.1, 0.15) is 37.2 Å². The number of nitrogens with one attached hydrogen (secondary N) is 1. The summed E-state index contributed by atoms with van der Waals surface area (Å²) < 4.78 is 5.51. The standard InChI is InChI=1S/C14H23NO2/c1-11-6-7-14(17-11)9-15-8-12-4-2-3-5-13(12)10-16/h6-7,12-13,15-16H,2-5,8-10H2,1H3. The third-order valence-electron chi connectivity index (χ3n) is 3.80. The molecule has 0 aliphatic heterocycles. The predicted molar refractivity (Wildman–Crippen MR) is 67.7 cm³/mol. The van der Waals surface area contributed by atoms with Crippen LogP contribution in [-0.4, -0.2) is 18.3 Å². The zero-order valence-electron chi connectivity index (χ0n) is 10.6. The van der Waals surface area contributed by atoms with E-state index in [1.807, 2.05) is 19.1 Å². The molecule has 2 unspecified atom stereocenters. The van der Waals surface area contributed by atoms with Gasteiger partial charge in [-0.2, -0.15) is 0 Å². The molecule has 1 fully saturated rings. The molecule has 0 aromatic carbocycles. The molecule has 2 atom stereocenters. The molecular formula is C14H23NO2.